The molecule has 0 aromatic carbocycles. The molecule has 4 nitrogen and oxygen atoms in total. The Labute approximate surface area is 99.1 Å². The summed E-state index contributed by atoms with van der Waals surface area (Å²) >= 11 is 1.33. The van der Waals surface area contributed by atoms with Crippen molar-refractivity contribution in [3.63, 3.8) is 0 Å². The Bertz CT molecular complexity index is 406. The number of nitrogens with one attached hydrogen (secondary N) is 1. The molecule has 0 saturated carbocycles. The summed E-state index contributed by atoms with van der Waals surface area (Å²) in [6.07, 6.45) is 0.638. The summed E-state index contributed by atoms with van der Waals surface area (Å²) in [6, 6.07) is 3.17. The van der Waals surface area contributed by atoms with Gasteiger partial charge in [0.05, 0.1) is 11.6 Å². The first-order valence-corrected chi connectivity index (χ1v) is 5.96. The van der Waals surface area contributed by atoms with Crippen molar-refractivity contribution in [1.82, 2.24) is 0 Å². The number of anilines is 1. The Morgan fingerprint density at radius 3 is 2.94 bits per heavy atom. The second-order valence-electron chi connectivity index (χ2n) is 4.00. The van der Waals surface area contributed by atoms with E-state index in [-0.39, 0.29) is 5.91 Å². The number of nitriles is 1. The van der Waals surface area contributed by atoms with Gasteiger partial charge in [0.2, 0.25) is 5.91 Å². The second kappa shape index (κ2) is 5.64. The van der Waals surface area contributed by atoms with Crippen LogP contribution in [0, 0.1) is 17.2 Å². The van der Waals surface area contributed by atoms with E-state index in [0.29, 0.717) is 22.9 Å². The molecule has 0 saturated heterocycles. The maximum atomic E-state index is 11.7. The highest BCUT2D eigenvalue weighted by Gasteiger charge is 2.16. The van der Waals surface area contributed by atoms with E-state index in [1.807, 2.05) is 19.9 Å². The van der Waals surface area contributed by atoms with Gasteiger partial charge in [-0.05, 0) is 23.8 Å². The summed E-state index contributed by atoms with van der Waals surface area (Å²) in [4.78, 5) is 11.7. The zero-order chi connectivity index (χ0) is 12.1. The minimum absolute atomic E-state index is 0.229. The molecule has 3 N–H and O–H groups in total. The third-order valence-electron chi connectivity index (χ3n) is 2.08. The van der Waals surface area contributed by atoms with E-state index < -0.39 is 6.04 Å². The first-order valence-electron chi connectivity index (χ1n) is 5.08. The number of carbonyl (C=O) groups excluding carboxylic acids is 1. The maximum Gasteiger partial charge on any atom is 0.241 e. The third-order valence-corrected chi connectivity index (χ3v) is 2.91. The molecule has 5 heteroatoms. The second-order valence-corrected chi connectivity index (χ2v) is 4.92. The fourth-order valence-electron chi connectivity index (χ4n) is 1.31. The molecule has 0 spiro atoms. The van der Waals surface area contributed by atoms with Crippen molar-refractivity contribution < 1.29 is 4.79 Å². The SMILES string of the molecule is CC(C)C[C@H](N)C(=O)Nc1sccc1C#N. The molecule has 1 rings (SSSR count). The van der Waals surface area contributed by atoms with Crippen molar-refractivity contribution in [3.05, 3.63) is 17.0 Å². The Hall–Kier alpha value is -1.38. The van der Waals surface area contributed by atoms with Crippen LogP contribution in [0.25, 0.3) is 0 Å². The van der Waals surface area contributed by atoms with E-state index in [9.17, 15) is 4.79 Å². The smallest absolute Gasteiger partial charge is 0.241 e. The minimum atomic E-state index is -0.520. The van der Waals surface area contributed by atoms with E-state index >= 15 is 0 Å². The predicted octanol–water partition coefficient (Wildman–Crippen LogP) is 1.93. The summed E-state index contributed by atoms with van der Waals surface area (Å²) in [5.41, 5.74) is 6.22. The number of carbonyl (C=O) groups is 1. The van der Waals surface area contributed by atoms with E-state index in [1.165, 1.54) is 11.3 Å². The van der Waals surface area contributed by atoms with Crippen molar-refractivity contribution >= 4 is 22.2 Å². The molecule has 86 valence electrons. The van der Waals surface area contributed by atoms with E-state index in [1.54, 1.807) is 11.4 Å². The lowest BCUT2D eigenvalue weighted by Crippen LogP contribution is -2.36. The highest BCUT2D eigenvalue weighted by molar-refractivity contribution is 7.14. The fraction of sp³-hybridized carbons (Fsp3) is 0.455. The van der Waals surface area contributed by atoms with Crippen molar-refractivity contribution in [2.24, 2.45) is 11.7 Å². The van der Waals surface area contributed by atoms with E-state index in [4.69, 9.17) is 11.0 Å². The van der Waals surface area contributed by atoms with Crippen LogP contribution in [0.5, 0.6) is 0 Å². The van der Waals surface area contributed by atoms with Gasteiger partial charge in [0.25, 0.3) is 0 Å². The minimum Gasteiger partial charge on any atom is -0.320 e. The first-order chi connectivity index (χ1) is 7.54. The van der Waals surface area contributed by atoms with Crippen LogP contribution in [0.3, 0.4) is 0 Å². The van der Waals surface area contributed by atoms with Gasteiger partial charge in [-0.1, -0.05) is 13.8 Å². The van der Waals surface area contributed by atoms with Crippen LogP contribution in [0.15, 0.2) is 11.4 Å². The van der Waals surface area contributed by atoms with Gasteiger partial charge in [-0.2, -0.15) is 5.26 Å². The van der Waals surface area contributed by atoms with Gasteiger partial charge >= 0.3 is 0 Å². The molecule has 1 amide bonds. The highest BCUT2D eigenvalue weighted by Crippen LogP contribution is 2.22. The van der Waals surface area contributed by atoms with Crippen molar-refractivity contribution in [3.8, 4) is 6.07 Å². The molecule has 1 atom stereocenters. The van der Waals surface area contributed by atoms with Crippen LogP contribution in [0.2, 0.25) is 0 Å². The van der Waals surface area contributed by atoms with E-state index in [2.05, 4.69) is 5.32 Å². The van der Waals surface area contributed by atoms with Crippen LogP contribution in [-0.2, 0) is 4.79 Å². The molecule has 0 aliphatic heterocycles. The summed E-state index contributed by atoms with van der Waals surface area (Å²) in [5, 5.41) is 13.8. The third kappa shape index (κ3) is 3.33. The molecule has 1 aromatic heterocycles. The number of amides is 1. The van der Waals surface area contributed by atoms with Gasteiger partial charge in [0.1, 0.15) is 11.1 Å². The first kappa shape index (κ1) is 12.7. The molecule has 0 aliphatic carbocycles. The van der Waals surface area contributed by atoms with Crippen molar-refractivity contribution in [1.29, 1.82) is 5.26 Å². The molecule has 0 unspecified atom stereocenters. The Morgan fingerprint density at radius 1 is 1.69 bits per heavy atom. The van der Waals surface area contributed by atoms with Gasteiger partial charge in [0, 0.05) is 0 Å². The quantitative estimate of drug-likeness (QED) is 0.839. The number of rotatable bonds is 4. The monoisotopic (exact) mass is 237 g/mol. The van der Waals surface area contributed by atoms with Crippen LogP contribution in [0.1, 0.15) is 25.8 Å². The van der Waals surface area contributed by atoms with Gasteiger partial charge in [-0.3, -0.25) is 4.79 Å². The average Bonchev–Trinajstić information content (AvgIpc) is 2.64. The maximum absolute atomic E-state index is 11.7. The lowest BCUT2D eigenvalue weighted by atomic mass is 10.0. The van der Waals surface area contributed by atoms with Crippen LogP contribution in [-0.4, -0.2) is 11.9 Å². The number of nitrogens with zero attached hydrogens (tertiary/aromatic N) is 1. The normalized spacial score (nSPS) is 12.2. The van der Waals surface area contributed by atoms with Crippen LogP contribution < -0.4 is 11.1 Å². The molecule has 1 aromatic rings. The van der Waals surface area contributed by atoms with Gasteiger partial charge in [-0.15, -0.1) is 11.3 Å². The molecular weight excluding hydrogens is 222 g/mol. The molecule has 16 heavy (non-hydrogen) atoms. The van der Waals surface area contributed by atoms with Crippen molar-refractivity contribution in [2.75, 3.05) is 5.32 Å². The number of nitrogens with two attached hydrogens (primary N) is 1. The standard InChI is InChI=1S/C11H15N3OS/c1-7(2)5-9(13)10(15)14-11-8(6-12)3-4-16-11/h3-4,7,9H,5,13H2,1-2H3,(H,14,15)/t9-/m0/s1. The van der Waals surface area contributed by atoms with Gasteiger partial charge < -0.3 is 11.1 Å². The summed E-state index contributed by atoms with van der Waals surface area (Å²) in [6.45, 7) is 4.03. The van der Waals surface area contributed by atoms with E-state index in [0.717, 1.165) is 0 Å². The zero-order valence-corrected chi connectivity index (χ0v) is 10.2. The number of thiophene rings is 1. The highest BCUT2D eigenvalue weighted by atomic mass is 32.1. The summed E-state index contributed by atoms with van der Waals surface area (Å²) < 4.78 is 0. The fourth-order valence-corrected chi connectivity index (χ4v) is 2.05. The molecule has 0 bridgehead atoms. The molecule has 0 radical (unpaired) electrons. The summed E-state index contributed by atoms with van der Waals surface area (Å²) in [7, 11) is 0. The Kier molecular flexibility index (Phi) is 4.47. The molecule has 0 aliphatic rings. The summed E-state index contributed by atoms with van der Waals surface area (Å²) in [5.74, 6) is 0.146. The van der Waals surface area contributed by atoms with Crippen molar-refractivity contribution in [2.45, 2.75) is 26.3 Å². The number of hydrogen-bond acceptors (Lipinski definition) is 4. The molecule has 1 heterocycles. The Morgan fingerprint density at radius 2 is 2.38 bits per heavy atom. The van der Waals surface area contributed by atoms with Crippen LogP contribution in [0.4, 0.5) is 5.00 Å². The average molecular weight is 237 g/mol. The lowest BCUT2D eigenvalue weighted by Gasteiger charge is -2.13. The van der Waals surface area contributed by atoms with Gasteiger partial charge in [0.15, 0.2) is 0 Å². The van der Waals surface area contributed by atoms with Gasteiger partial charge in [-0.25, -0.2) is 0 Å². The number of hydrogen-bond donors (Lipinski definition) is 2. The van der Waals surface area contributed by atoms with Crippen LogP contribution >= 0.6 is 11.3 Å². The topological polar surface area (TPSA) is 78.9 Å². The lowest BCUT2D eigenvalue weighted by molar-refractivity contribution is -0.117. The molecule has 0 fully saturated rings. The Balaban J connectivity index is 2.61. The zero-order valence-electron chi connectivity index (χ0n) is 9.36. The molecular formula is C11H15N3OS. The largest absolute Gasteiger partial charge is 0.320 e. The predicted molar refractivity (Wildman–Crippen MR) is 65.1 cm³/mol.